The van der Waals surface area contributed by atoms with Crippen LogP contribution in [0.4, 0.5) is 0 Å². The highest BCUT2D eigenvalue weighted by Gasteiger charge is 2.58. The van der Waals surface area contributed by atoms with E-state index in [1.54, 1.807) is 0 Å². The Morgan fingerprint density at radius 2 is 0.529 bits per heavy atom. The van der Waals surface area contributed by atoms with Crippen LogP contribution in [-0.4, -0.2) is 96.4 Å². The smallest absolute Gasteiger partial charge is 0.317 e. The van der Waals surface area contributed by atoms with Crippen molar-refractivity contribution in [1.29, 1.82) is 0 Å². The molecule has 2 fully saturated rings. The third kappa shape index (κ3) is 18.2. The van der Waals surface area contributed by atoms with Gasteiger partial charge in [0.2, 0.25) is 0 Å². The van der Waals surface area contributed by atoms with E-state index in [0.29, 0.717) is 0 Å². The Kier molecular flexibility index (Phi) is 23.6. The molecule has 8 aromatic carbocycles. The van der Waals surface area contributed by atoms with Crippen LogP contribution in [0.3, 0.4) is 0 Å². The molecule has 8 aromatic rings. The molecule has 452 valence electrons. The summed E-state index contributed by atoms with van der Waals surface area (Å²) in [4.78, 5) is 27.3. The first-order valence-electron chi connectivity index (χ1n) is 29.8. The van der Waals surface area contributed by atoms with Crippen molar-refractivity contribution in [2.75, 3.05) is 13.2 Å². The second kappa shape index (κ2) is 32.9. The van der Waals surface area contributed by atoms with Crippen molar-refractivity contribution in [2.45, 2.75) is 120 Å². The lowest BCUT2D eigenvalue weighted by Gasteiger charge is -2.53. The van der Waals surface area contributed by atoms with E-state index < -0.39 is 91.2 Å². The van der Waals surface area contributed by atoms with Crippen molar-refractivity contribution in [2.24, 2.45) is 11.8 Å². The number of carboxylic acid groups (broad SMARTS) is 2. The predicted molar refractivity (Wildman–Crippen MR) is 327 cm³/mol. The highest BCUT2D eigenvalue weighted by molar-refractivity contribution is 5.92. The van der Waals surface area contributed by atoms with E-state index in [1.165, 1.54) is 0 Å². The normalized spacial score (nSPS) is 22.0. The third-order valence-corrected chi connectivity index (χ3v) is 15.8. The number of benzene rings is 8. The standard InChI is InChI=1S/C73H76O14/c74-72(75)61(73(76)77)41-60(64-68(82-46-56-33-17-5-18-34-56)70(84-48-58-37-21-7-22-38-58)66(80-44-54-29-13-3-14-30-54)62(86-64)50-78-42-52-25-9-1-10-26-52)65-69(83-47-57-35-19-6-20-36-57)71(85-49-59-39-23-8-24-40-59)67(81-45-55-31-15-4-16-32-55)63(87-65)51-79-43-53-27-11-2-12-28-53/h1-40,60-71H,41-51H2,(H,74,75)(H,76,77)/t62-,63-,64+,65+,66-,67-,68+,69+,70+,71+/m1/s1. The Bertz CT molecular complexity index is 3010. The second-order valence-electron chi connectivity index (χ2n) is 22.0. The minimum Gasteiger partial charge on any atom is -0.481 e. The third-order valence-electron chi connectivity index (χ3n) is 15.8. The van der Waals surface area contributed by atoms with E-state index in [1.807, 2.05) is 243 Å². The minimum atomic E-state index is -1.97. The van der Waals surface area contributed by atoms with Crippen molar-refractivity contribution < 1.29 is 67.2 Å². The average Bonchev–Trinajstić information content (AvgIpc) is 1.56. The molecule has 0 saturated carbocycles. The summed E-state index contributed by atoms with van der Waals surface area (Å²) in [5.41, 5.74) is 7.06. The van der Waals surface area contributed by atoms with Crippen molar-refractivity contribution >= 4 is 11.9 Å². The van der Waals surface area contributed by atoms with Crippen LogP contribution in [0.25, 0.3) is 0 Å². The lowest BCUT2D eigenvalue weighted by atomic mass is 9.75. The van der Waals surface area contributed by atoms with Gasteiger partial charge in [-0.1, -0.05) is 243 Å². The molecular weight excluding hydrogens is 1100 g/mol. The van der Waals surface area contributed by atoms with Crippen LogP contribution in [0.5, 0.6) is 0 Å². The fourth-order valence-electron chi connectivity index (χ4n) is 11.4. The topological polar surface area (TPSA) is 167 Å². The quantitative estimate of drug-likeness (QED) is 0.0382. The maximum absolute atomic E-state index is 13.6. The lowest BCUT2D eigenvalue weighted by molar-refractivity contribution is -0.315. The van der Waals surface area contributed by atoms with Crippen molar-refractivity contribution in [1.82, 2.24) is 0 Å². The van der Waals surface area contributed by atoms with E-state index in [9.17, 15) is 19.8 Å². The molecule has 0 bridgehead atoms. The Balaban J connectivity index is 1.14. The number of hydrogen-bond acceptors (Lipinski definition) is 12. The molecule has 2 N–H and O–H groups in total. The zero-order valence-electron chi connectivity index (χ0n) is 48.6. The molecule has 2 heterocycles. The first-order chi connectivity index (χ1) is 42.8. The summed E-state index contributed by atoms with van der Waals surface area (Å²) in [6, 6.07) is 78.0. The van der Waals surface area contributed by atoms with E-state index in [0.717, 1.165) is 44.5 Å². The van der Waals surface area contributed by atoms with E-state index in [4.69, 9.17) is 47.4 Å². The first kappa shape index (κ1) is 62.4. The van der Waals surface area contributed by atoms with E-state index >= 15 is 0 Å². The highest BCUT2D eigenvalue weighted by atomic mass is 16.6. The van der Waals surface area contributed by atoms with Gasteiger partial charge in [-0.05, 0) is 50.9 Å². The molecule has 0 aromatic heterocycles. The van der Waals surface area contributed by atoms with Gasteiger partial charge >= 0.3 is 11.9 Å². The Labute approximate surface area is 509 Å². The molecule has 2 saturated heterocycles. The van der Waals surface area contributed by atoms with Gasteiger partial charge in [0.05, 0.1) is 78.3 Å². The molecule has 87 heavy (non-hydrogen) atoms. The van der Waals surface area contributed by atoms with E-state index in [-0.39, 0.29) is 66.1 Å². The van der Waals surface area contributed by atoms with E-state index in [2.05, 4.69) is 0 Å². The second-order valence-corrected chi connectivity index (χ2v) is 22.0. The van der Waals surface area contributed by atoms with Gasteiger partial charge in [-0.15, -0.1) is 0 Å². The predicted octanol–water partition coefficient (Wildman–Crippen LogP) is 12.3. The fraction of sp³-hybridized carbons (Fsp3) is 0.315. The Morgan fingerprint density at radius 1 is 0.310 bits per heavy atom. The van der Waals surface area contributed by atoms with Crippen LogP contribution in [0, 0.1) is 11.8 Å². The molecule has 0 spiro atoms. The number of carbonyl (C=O) groups is 2. The van der Waals surface area contributed by atoms with Gasteiger partial charge in [0.15, 0.2) is 5.92 Å². The summed E-state index contributed by atoms with van der Waals surface area (Å²) in [5.74, 6) is -6.25. The average molecular weight is 1180 g/mol. The molecular formula is C73H76O14. The van der Waals surface area contributed by atoms with Crippen molar-refractivity contribution in [3.05, 3.63) is 287 Å². The summed E-state index contributed by atoms with van der Waals surface area (Å²) < 4.78 is 71.5. The molecule has 0 unspecified atom stereocenters. The maximum Gasteiger partial charge on any atom is 0.317 e. The number of rotatable bonds is 32. The molecule has 14 nitrogen and oxygen atoms in total. The fourth-order valence-corrected chi connectivity index (χ4v) is 11.4. The molecule has 10 atom stereocenters. The molecule has 0 aliphatic carbocycles. The van der Waals surface area contributed by atoms with Gasteiger partial charge in [0.1, 0.15) is 48.8 Å². The Hall–Kier alpha value is -7.70. The molecule has 0 amide bonds. The number of carboxylic acids is 2. The zero-order chi connectivity index (χ0) is 59.8. The van der Waals surface area contributed by atoms with Gasteiger partial charge in [-0.25, -0.2) is 0 Å². The van der Waals surface area contributed by atoms with Crippen LogP contribution < -0.4 is 0 Å². The van der Waals surface area contributed by atoms with Gasteiger partial charge < -0.3 is 57.6 Å². The summed E-state index contributed by atoms with van der Waals surface area (Å²) in [6.07, 6.45) is -10.7. The Morgan fingerprint density at radius 3 is 0.770 bits per heavy atom. The largest absolute Gasteiger partial charge is 0.481 e. The highest BCUT2D eigenvalue weighted by Crippen LogP contribution is 2.43. The maximum atomic E-state index is 13.6. The molecule has 0 radical (unpaired) electrons. The van der Waals surface area contributed by atoms with Gasteiger partial charge in [0, 0.05) is 5.92 Å². The van der Waals surface area contributed by atoms with Crippen molar-refractivity contribution in [3.8, 4) is 0 Å². The van der Waals surface area contributed by atoms with Crippen molar-refractivity contribution in [3.63, 3.8) is 0 Å². The van der Waals surface area contributed by atoms with Crippen LogP contribution in [0.2, 0.25) is 0 Å². The SMILES string of the molecule is O=C(O)C(CC([C@@H]1O[C@H](COCc2ccccc2)[C@@H](OCc2ccccc2)[C@H](OCc2ccccc2)[C@H]1OCc1ccccc1)[C@@H]1O[C@H](COCc2ccccc2)[C@@H](OCc2ccccc2)[C@H](OCc2ccccc2)[C@H]1OCc1ccccc1)C(=O)O. The van der Waals surface area contributed by atoms with Gasteiger partial charge in [0.25, 0.3) is 0 Å². The lowest BCUT2D eigenvalue weighted by Crippen LogP contribution is -2.68. The molecule has 10 rings (SSSR count). The zero-order valence-corrected chi connectivity index (χ0v) is 48.6. The van der Waals surface area contributed by atoms with Gasteiger partial charge in [-0.2, -0.15) is 0 Å². The molecule has 14 heteroatoms. The van der Waals surface area contributed by atoms with Crippen LogP contribution in [-0.2, 0) is 110 Å². The number of ether oxygens (including phenoxy) is 10. The summed E-state index contributed by atoms with van der Waals surface area (Å²) in [6.45, 7) is 1.05. The minimum absolute atomic E-state index is 0.0247. The van der Waals surface area contributed by atoms with Gasteiger partial charge in [-0.3, -0.25) is 9.59 Å². The number of hydrogen-bond donors (Lipinski definition) is 2. The van der Waals surface area contributed by atoms with Crippen LogP contribution in [0.15, 0.2) is 243 Å². The number of aliphatic carboxylic acids is 2. The molecule has 2 aliphatic rings. The van der Waals surface area contributed by atoms with Crippen LogP contribution in [0.1, 0.15) is 50.9 Å². The van der Waals surface area contributed by atoms with Crippen LogP contribution >= 0.6 is 0 Å². The summed E-state index contributed by atoms with van der Waals surface area (Å²) >= 11 is 0. The monoisotopic (exact) mass is 1180 g/mol. The first-order valence-corrected chi connectivity index (χ1v) is 29.8. The molecule has 2 aliphatic heterocycles. The summed E-state index contributed by atoms with van der Waals surface area (Å²) in [5, 5.41) is 22.2. The summed E-state index contributed by atoms with van der Waals surface area (Å²) in [7, 11) is 0.